The molecule has 2 aromatic rings. The molecule has 1 aromatic heterocycles. The van der Waals surface area contributed by atoms with Crippen LogP contribution in [0.25, 0.3) is 0 Å². The Morgan fingerprint density at radius 1 is 1.16 bits per heavy atom. The van der Waals surface area contributed by atoms with E-state index < -0.39 is 0 Å². The summed E-state index contributed by atoms with van der Waals surface area (Å²) in [5.74, 6) is 0. The van der Waals surface area contributed by atoms with Crippen molar-refractivity contribution in [2.24, 2.45) is 7.05 Å². The molecule has 3 nitrogen and oxygen atoms in total. The van der Waals surface area contributed by atoms with E-state index in [1.54, 1.807) is 0 Å². The van der Waals surface area contributed by atoms with Crippen molar-refractivity contribution in [1.82, 2.24) is 15.1 Å². The van der Waals surface area contributed by atoms with Gasteiger partial charge in [-0.2, -0.15) is 5.10 Å². The Morgan fingerprint density at radius 3 is 2.42 bits per heavy atom. The fourth-order valence-electron chi connectivity index (χ4n) is 2.29. The Balaban J connectivity index is 1.98. The van der Waals surface area contributed by atoms with Gasteiger partial charge in [0.2, 0.25) is 0 Å². The Bertz CT molecular complexity index is 499. The molecule has 0 bridgehead atoms. The maximum atomic E-state index is 4.19. The molecule has 19 heavy (non-hydrogen) atoms. The van der Waals surface area contributed by atoms with Crippen molar-refractivity contribution in [3.05, 3.63) is 53.3 Å². The summed E-state index contributed by atoms with van der Waals surface area (Å²) in [7, 11) is 1.95. The highest BCUT2D eigenvalue weighted by Crippen LogP contribution is 2.18. The highest BCUT2D eigenvalue weighted by molar-refractivity contribution is 5.25. The largest absolute Gasteiger partial charge is 0.306 e. The Hall–Kier alpha value is -1.61. The lowest BCUT2D eigenvalue weighted by Gasteiger charge is -2.17. The van der Waals surface area contributed by atoms with Gasteiger partial charge in [-0.05, 0) is 24.0 Å². The summed E-state index contributed by atoms with van der Waals surface area (Å²) in [4.78, 5) is 0. The Morgan fingerprint density at radius 2 is 1.89 bits per heavy atom. The maximum Gasteiger partial charge on any atom is 0.0534 e. The number of hydrogen-bond acceptors (Lipinski definition) is 2. The van der Waals surface area contributed by atoms with Gasteiger partial charge in [0.25, 0.3) is 0 Å². The van der Waals surface area contributed by atoms with Gasteiger partial charge < -0.3 is 5.32 Å². The first-order chi connectivity index (χ1) is 9.22. The molecule has 0 amide bonds. The predicted molar refractivity (Wildman–Crippen MR) is 78.9 cm³/mol. The molecule has 0 aliphatic heterocycles. The first-order valence-electron chi connectivity index (χ1n) is 7.02. The topological polar surface area (TPSA) is 29.9 Å². The zero-order valence-electron chi connectivity index (χ0n) is 12.1. The smallest absolute Gasteiger partial charge is 0.0534 e. The van der Waals surface area contributed by atoms with Gasteiger partial charge in [-0.3, -0.25) is 4.68 Å². The minimum absolute atomic E-state index is 0.408. The third kappa shape index (κ3) is 3.67. The molecule has 2 rings (SSSR count). The summed E-state index contributed by atoms with van der Waals surface area (Å²) in [6, 6.07) is 9.34. The quantitative estimate of drug-likeness (QED) is 0.861. The summed E-state index contributed by atoms with van der Waals surface area (Å²) in [5, 5.41) is 7.79. The van der Waals surface area contributed by atoms with Crippen LogP contribution in [0.4, 0.5) is 0 Å². The average molecular weight is 257 g/mol. The van der Waals surface area contributed by atoms with E-state index in [9.17, 15) is 0 Å². The number of aryl methyl sites for hydroxylation is 2. The number of hydrogen-bond donors (Lipinski definition) is 1. The second kappa shape index (κ2) is 6.53. The fourth-order valence-corrected chi connectivity index (χ4v) is 2.29. The molecule has 3 heteroatoms. The first-order valence-corrected chi connectivity index (χ1v) is 7.02. The molecule has 1 N–H and O–H groups in total. The lowest BCUT2D eigenvalue weighted by Crippen LogP contribution is -2.20. The van der Waals surface area contributed by atoms with E-state index in [-0.39, 0.29) is 0 Å². The van der Waals surface area contributed by atoms with Crippen molar-refractivity contribution >= 4 is 0 Å². The normalized spacial score (nSPS) is 12.6. The van der Waals surface area contributed by atoms with Crippen LogP contribution < -0.4 is 5.32 Å². The predicted octanol–water partition coefficient (Wildman–Crippen LogP) is 3.22. The summed E-state index contributed by atoms with van der Waals surface area (Å²) in [6.45, 7) is 5.27. The van der Waals surface area contributed by atoms with E-state index in [0.717, 1.165) is 19.4 Å². The lowest BCUT2D eigenvalue weighted by molar-refractivity contribution is 0.519. The van der Waals surface area contributed by atoms with Crippen LogP contribution in [0.1, 0.15) is 43.0 Å². The zero-order chi connectivity index (χ0) is 13.7. The summed E-state index contributed by atoms with van der Waals surface area (Å²) >= 11 is 0. The minimum Gasteiger partial charge on any atom is -0.306 e. The monoisotopic (exact) mass is 257 g/mol. The summed E-state index contributed by atoms with van der Waals surface area (Å²) in [5.41, 5.74) is 3.99. The first kappa shape index (κ1) is 13.8. The van der Waals surface area contributed by atoms with E-state index in [4.69, 9.17) is 0 Å². The van der Waals surface area contributed by atoms with Gasteiger partial charge in [-0.15, -0.1) is 0 Å². The van der Waals surface area contributed by atoms with Crippen LogP contribution in [-0.4, -0.2) is 9.78 Å². The van der Waals surface area contributed by atoms with Crippen LogP contribution >= 0.6 is 0 Å². The van der Waals surface area contributed by atoms with Crippen molar-refractivity contribution in [1.29, 1.82) is 0 Å². The van der Waals surface area contributed by atoms with Crippen LogP contribution in [0, 0.1) is 0 Å². The van der Waals surface area contributed by atoms with E-state index in [0.29, 0.717) is 6.04 Å². The Labute approximate surface area is 115 Å². The van der Waals surface area contributed by atoms with Crippen molar-refractivity contribution in [2.45, 2.75) is 39.3 Å². The molecule has 0 aliphatic carbocycles. The van der Waals surface area contributed by atoms with E-state index in [1.165, 1.54) is 16.7 Å². The minimum atomic E-state index is 0.408. The summed E-state index contributed by atoms with van der Waals surface area (Å²) in [6.07, 6.45) is 6.16. The standard InChI is InChI=1S/C16H23N3/c1-4-13-6-8-15(9-7-13)16(5-2)17-10-14-11-18-19(3)12-14/h6-9,11-12,16-17H,4-5,10H2,1-3H3. The highest BCUT2D eigenvalue weighted by atomic mass is 15.2. The highest BCUT2D eigenvalue weighted by Gasteiger charge is 2.08. The third-order valence-electron chi connectivity index (χ3n) is 3.51. The van der Waals surface area contributed by atoms with Gasteiger partial charge in [0.05, 0.1) is 6.20 Å². The van der Waals surface area contributed by atoms with E-state index in [2.05, 4.69) is 54.7 Å². The molecular weight excluding hydrogens is 234 g/mol. The number of benzene rings is 1. The number of nitrogens with zero attached hydrogens (tertiary/aromatic N) is 2. The molecule has 0 spiro atoms. The molecule has 0 radical (unpaired) electrons. The van der Waals surface area contributed by atoms with Crippen LogP contribution in [0.5, 0.6) is 0 Å². The van der Waals surface area contributed by atoms with E-state index in [1.807, 2.05) is 17.9 Å². The molecule has 102 valence electrons. The van der Waals surface area contributed by atoms with Gasteiger partial charge in [-0.1, -0.05) is 38.1 Å². The van der Waals surface area contributed by atoms with Gasteiger partial charge in [0.15, 0.2) is 0 Å². The molecular formula is C16H23N3. The number of nitrogens with one attached hydrogen (secondary N) is 1. The maximum absolute atomic E-state index is 4.19. The van der Waals surface area contributed by atoms with Crippen LogP contribution in [0.2, 0.25) is 0 Å². The SMILES string of the molecule is CCc1ccc(C(CC)NCc2cnn(C)c2)cc1. The van der Waals surface area contributed by atoms with Gasteiger partial charge >= 0.3 is 0 Å². The molecule has 0 saturated heterocycles. The molecule has 0 aliphatic rings. The van der Waals surface area contributed by atoms with Crippen molar-refractivity contribution < 1.29 is 0 Å². The lowest BCUT2D eigenvalue weighted by atomic mass is 10.0. The van der Waals surface area contributed by atoms with Gasteiger partial charge in [0, 0.05) is 31.4 Å². The third-order valence-corrected chi connectivity index (χ3v) is 3.51. The number of aromatic nitrogens is 2. The fraction of sp³-hybridized carbons (Fsp3) is 0.438. The van der Waals surface area contributed by atoms with Gasteiger partial charge in [0.1, 0.15) is 0 Å². The van der Waals surface area contributed by atoms with Crippen LogP contribution in [-0.2, 0) is 20.0 Å². The van der Waals surface area contributed by atoms with Crippen molar-refractivity contribution in [2.75, 3.05) is 0 Å². The molecule has 1 heterocycles. The molecule has 1 aromatic carbocycles. The average Bonchev–Trinajstić information content (AvgIpc) is 2.86. The summed E-state index contributed by atoms with van der Waals surface area (Å²) < 4.78 is 1.84. The molecule has 1 atom stereocenters. The Kier molecular flexibility index (Phi) is 4.74. The number of rotatable bonds is 6. The van der Waals surface area contributed by atoms with Gasteiger partial charge in [-0.25, -0.2) is 0 Å². The van der Waals surface area contributed by atoms with Crippen molar-refractivity contribution in [3.63, 3.8) is 0 Å². The van der Waals surface area contributed by atoms with Crippen molar-refractivity contribution in [3.8, 4) is 0 Å². The van der Waals surface area contributed by atoms with E-state index >= 15 is 0 Å². The second-order valence-corrected chi connectivity index (χ2v) is 4.96. The van der Waals surface area contributed by atoms with Crippen LogP contribution in [0.15, 0.2) is 36.7 Å². The molecule has 0 fully saturated rings. The second-order valence-electron chi connectivity index (χ2n) is 4.96. The van der Waals surface area contributed by atoms with Crippen LogP contribution in [0.3, 0.4) is 0 Å². The molecule has 1 unspecified atom stereocenters. The molecule has 0 saturated carbocycles. The zero-order valence-corrected chi connectivity index (χ0v) is 12.1.